The van der Waals surface area contributed by atoms with E-state index in [4.69, 9.17) is 10.6 Å². The fourth-order valence-corrected chi connectivity index (χ4v) is 2.26. The summed E-state index contributed by atoms with van der Waals surface area (Å²) in [5, 5.41) is -0.0122. The zero-order valence-corrected chi connectivity index (χ0v) is 9.73. The molecule has 0 radical (unpaired) electrons. The second-order valence-corrected chi connectivity index (χ2v) is 4.31. The van der Waals surface area contributed by atoms with Gasteiger partial charge in [0.05, 0.1) is 5.25 Å². The van der Waals surface area contributed by atoms with Crippen molar-refractivity contribution in [2.24, 2.45) is 5.84 Å². The van der Waals surface area contributed by atoms with Crippen molar-refractivity contribution in [2.45, 2.75) is 31.4 Å². The topological polar surface area (TPSA) is 64.3 Å². The van der Waals surface area contributed by atoms with Crippen LogP contribution in [0.2, 0.25) is 0 Å². The average Bonchev–Trinajstić information content (AvgIpc) is 2.21. The van der Waals surface area contributed by atoms with Gasteiger partial charge in [-0.3, -0.25) is 10.2 Å². The highest BCUT2D eigenvalue weighted by molar-refractivity contribution is 8.00. The van der Waals surface area contributed by atoms with Crippen LogP contribution >= 0.6 is 11.8 Å². The van der Waals surface area contributed by atoms with Crippen LogP contribution in [0, 0.1) is 0 Å². The van der Waals surface area contributed by atoms with Crippen LogP contribution in [0.3, 0.4) is 0 Å². The van der Waals surface area contributed by atoms with Crippen molar-refractivity contribution in [3.8, 4) is 0 Å². The lowest BCUT2D eigenvalue weighted by Crippen LogP contribution is -2.37. The molecule has 1 amide bonds. The van der Waals surface area contributed by atoms with Crippen LogP contribution in [-0.4, -0.2) is 30.6 Å². The summed E-state index contributed by atoms with van der Waals surface area (Å²) in [4.78, 5) is 11.3. The minimum absolute atomic E-state index is 0.0122. The van der Waals surface area contributed by atoms with E-state index in [-0.39, 0.29) is 11.2 Å². The number of hydrogen-bond acceptors (Lipinski definition) is 4. The number of methoxy groups -OCH3 is 1. The first-order valence-electron chi connectivity index (χ1n) is 4.87. The van der Waals surface area contributed by atoms with Gasteiger partial charge in [-0.25, -0.2) is 5.84 Å². The van der Waals surface area contributed by atoms with Gasteiger partial charge in [-0.15, -0.1) is 11.8 Å². The van der Waals surface area contributed by atoms with Crippen molar-refractivity contribution in [1.82, 2.24) is 5.43 Å². The molecule has 3 N–H and O–H groups in total. The molecule has 14 heavy (non-hydrogen) atoms. The monoisotopic (exact) mass is 220 g/mol. The van der Waals surface area contributed by atoms with E-state index in [9.17, 15) is 4.79 Å². The van der Waals surface area contributed by atoms with Gasteiger partial charge in [0.25, 0.3) is 0 Å². The summed E-state index contributed by atoms with van der Waals surface area (Å²) in [6, 6.07) is 0. The van der Waals surface area contributed by atoms with E-state index in [1.807, 2.05) is 0 Å². The van der Waals surface area contributed by atoms with Crippen molar-refractivity contribution >= 4 is 17.7 Å². The highest BCUT2D eigenvalue weighted by atomic mass is 32.2. The number of carbonyl (C=O) groups is 1. The Kier molecular flexibility index (Phi) is 9.13. The molecule has 0 aliphatic carbocycles. The molecular weight excluding hydrogens is 200 g/mol. The van der Waals surface area contributed by atoms with Crippen molar-refractivity contribution in [3.63, 3.8) is 0 Å². The largest absolute Gasteiger partial charge is 0.385 e. The Morgan fingerprint density at radius 2 is 2.36 bits per heavy atom. The first-order valence-corrected chi connectivity index (χ1v) is 5.92. The van der Waals surface area contributed by atoms with E-state index in [2.05, 4.69) is 12.3 Å². The summed E-state index contributed by atoms with van der Waals surface area (Å²) in [6.07, 6.45) is 2.84. The van der Waals surface area contributed by atoms with Crippen molar-refractivity contribution in [3.05, 3.63) is 0 Å². The average molecular weight is 220 g/mol. The Morgan fingerprint density at radius 1 is 1.64 bits per heavy atom. The van der Waals surface area contributed by atoms with Gasteiger partial charge >= 0.3 is 0 Å². The van der Waals surface area contributed by atoms with E-state index in [0.717, 1.165) is 31.6 Å². The maximum absolute atomic E-state index is 11.3. The molecule has 0 bridgehead atoms. The van der Waals surface area contributed by atoms with E-state index < -0.39 is 0 Å². The molecule has 0 saturated heterocycles. The molecule has 1 atom stereocenters. The van der Waals surface area contributed by atoms with Gasteiger partial charge in [-0.2, -0.15) is 0 Å². The summed E-state index contributed by atoms with van der Waals surface area (Å²) >= 11 is 1.65. The van der Waals surface area contributed by atoms with Crippen LogP contribution in [-0.2, 0) is 9.53 Å². The van der Waals surface area contributed by atoms with E-state index in [0.29, 0.717) is 0 Å². The van der Waals surface area contributed by atoms with Crippen LogP contribution in [0.15, 0.2) is 0 Å². The Bertz CT molecular complexity index is 156. The third kappa shape index (κ3) is 6.23. The molecule has 0 aromatic rings. The van der Waals surface area contributed by atoms with Gasteiger partial charge < -0.3 is 4.74 Å². The minimum Gasteiger partial charge on any atom is -0.385 e. The molecule has 1 unspecified atom stereocenters. The molecule has 5 heteroatoms. The smallest absolute Gasteiger partial charge is 0.246 e. The summed E-state index contributed by atoms with van der Waals surface area (Å²) in [7, 11) is 1.68. The molecule has 0 spiro atoms. The van der Waals surface area contributed by atoms with Gasteiger partial charge in [0.15, 0.2) is 0 Å². The van der Waals surface area contributed by atoms with Crippen molar-refractivity contribution in [1.29, 1.82) is 0 Å². The molecule has 0 aromatic carbocycles. The standard InChI is InChI=1S/C9H20N2O2S/c1-3-5-8(9(12)11-10)14-7-4-6-13-2/h8H,3-7,10H2,1-2H3,(H,11,12). The third-order valence-electron chi connectivity index (χ3n) is 1.80. The molecule has 0 rings (SSSR count). The van der Waals surface area contributed by atoms with Crippen LogP contribution in [0.5, 0.6) is 0 Å². The molecule has 0 saturated carbocycles. The lowest BCUT2D eigenvalue weighted by molar-refractivity contribution is -0.120. The van der Waals surface area contributed by atoms with Gasteiger partial charge in [0, 0.05) is 13.7 Å². The summed E-state index contributed by atoms with van der Waals surface area (Å²) in [5.41, 5.74) is 2.20. The molecule has 4 nitrogen and oxygen atoms in total. The van der Waals surface area contributed by atoms with Crippen LogP contribution < -0.4 is 11.3 Å². The van der Waals surface area contributed by atoms with Crippen molar-refractivity contribution in [2.75, 3.05) is 19.5 Å². The number of hydrogen-bond donors (Lipinski definition) is 2. The fraction of sp³-hybridized carbons (Fsp3) is 0.889. The Morgan fingerprint density at radius 3 is 2.86 bits per heavy atom. The molecule has 0 aliphatic heterocycles. The molecule has 0 aliphatic rings. The van der Waals surface area contributed by atoms with Crippen LogP contribution in [0.25, 0.3) is 0 Å². The van der Waals surface area contributed by atoms with Crippen LogP contribution in [0.1, 0.15) is 26.2 Å². The minimum atomic E-state index is -0.0748. The lowest BCUT2D eigenvalue weighted by Gasteiger charge is -2.13. The summed E-state index contributed by atoms with van der Waals surface area (Å²) in [5.74, 6) is 5.96. The zero-order valence-electron chi connectivity index (χ0n) is 8.91. The number of ether oxygens (including phenoxy) is 1. The number of amides is 1. The number of nitrogens with two attached hydrogens (primary N) is 1. The highest BCUT2D eigenvalue weighted by Crippen LogP contribution is 2.17. The van der Waals surface area contributed by atoms with E-state index in [1.54, 1.807) is 18.9 Å². The molecule has 84 valence electrons. The Hall–Kier alpha value is -0.260. The number of thioether (sulfide) groups is 1. The van der Waals surface area contributed by atoms with Crippen LogP contribution in [0.4, 0.5) is 0 Å². The third-order valence-corrected chi connectivity index (χ3v) is 3.17. The maximum atomic E-state index is 11.3. The van der Waals surface area contributed by atoms with Gasteiger partial charge in [0.2, 0.25) is 5.91 Å². The molecule has 0 heterocycles. The molecule has 0 aromatic heterocycles. The van der Waals surface area contributed by atoms with E-state index >= 15 is 0 Å². The molecule has 0 fully saturated rings. The number of nitrogens with one attached hydrogen (secondary N) is 1. The second kappa shape index (κ2) is 9.30. The highest BCUT2D eigenvalue weighted by Gasteiger charge is 2.16. The predicted octanol–water partition coefficient (Wildman–Crippen LogP) is 0.915. The van der Waals surface area contributed by atoms with Crippen molar-refractivity contribution < 1.29 is 9.53 Å². The van der Waals surface area contributed by atoms with Gasteiger partial charge in [0.1, 0.15) is 0 Å². The SMILES string of the molecule is CCCC(SCCCOC)C(=O)NN. The maximum Gasteiger partial charge on any atom is 0.246 e. The summed E-state index contributed by atoms with van der Waals surface area (Å²) in [6.45, 7) is 2.81. The first-order chi connectivity index (χ1) is 6.76. The van der Waals surface area contributed by atoms with Gasteiger partial charge in [-0.1, -0.05) is 13.3 Å². The number of rotatable bonds is 8. The lowest BCUT2D eigenvalue weighted by atomic mass is 10.2. The predicted molar refractivity (Wildman–Crippen MR) is 60.0 cm³/mol. The van der Waals surface area contributed by atoms with Gasteiger partial charge in [-0.05, 0) is 18.6 Å². The second-order valence-electron chi connectivity index (χ2n) is 3.00. The molecular formula is C9H20N2O2S. The Labute approximate surface area is 89.9 Å². The quantitative estimate of drug-likeness (QED) is 0.276. The fourth-order valence-electron chi connectivity index (χ4n) is 1.07. The first kappa shape index (κ1) is 13.7. The summed E-state index contributed by atoms with van der Waals surface area (Å²) < 4.78 is 4.93. The number of carbonyl (C=O) groups excluding carboxylic acids is 1. The normalized spacial score (nSPS) is 12.5. The number of hydrazine groups is 1. The Balaban J connectivity index is 3.67. The zero-order chi connectivity index (χ0) is 10.8. The van der Waals surface area contributed by atoms with E-state index in [1.165, 1.54) is 0 Å².